The van der Waals surface area contributed by atoms with E-state index in [0.717, 1.165) is 10.0 Å². The number of rotatable bonds is 4. The molecule has 1 aliphatic rings. The molecule has 0 aromatic heterocycles. The molecule has 0 spiro atoms. The van der Waals surface area contributed by atoms with Gasteiger partial charge in [0.05, 0.1) is 12.6 Å². The average Bonchev–Trinajstić information content (AvgIpc) is 2.87. The highest BCUT2D eigenvalue weighted by Crippen LogP contribution is 2.27. The van der Waals surface area contributed by atoms with Crippen LogP contribution in [0.15, 0.2) is 62.3 Å². The normalized spacial score (nSPS) is 15.7. The molecule has 26 heavy (non-hydrogen) atoms. The predicted octanol–water partition coefficient (Wildman–Crippen LogP) is 2.71. The van der Waals surface area contributed by atoms with E-state index in [-0.39, 0.29) is 29.2 Å². The van der Waals surface area contributed by atoms with E-state index in [1.165, 1.54) is 6.07 Å². The van der Waals surface area contributed by atoms with Gasteiger partial charge in [-0.2, -0.15) is 8.42 Å². The first kappa shape index (κ1) is 18.6. The Kier molecular flexibility index (Phi) is 5.15. The van der Waals surface area contributed by atoms with Gasteiger partial charge >= 0.3 is 0 Å². The molecule has 1 aliphatic heterocycles. The molecule has 1 unspecified atom stereocenters. The van der Waals surface area contributed by atoms with Crippen LogP contribution in [0.5, 0.6) is 0 Å². The molecule has 1 N–H and O–H groups in total. The number of hydrogen-bond acceptors (Lipinski definition) is 4. The highest BCUT2D eigenvalue weighted by Gasteiger charge is 2.31. The van der Waals surface area contributed by atoms with E-state index >= 15 is 0 Å². The maximum atomic E-state index is 12.4. The molecule has 0 aliphatic carbocycles. The quantitative estimate of drug-likeness (QED) is 0.800. The zero-order valence-electron chi connectivity index (χ0n) is 14.3. The topological polar surface area (TPSA) is 78.8 Å². The SMILES string of the molecule is CC(NC(=O)CN(C)C1=NS(=O)(=O)c2ccccc21)c1ccccc1Br. The molecule has 0 fully saturated rings. The summed E-state index contributed by atoms with van der Waals surface area (Å²) in [5.41, 5.74) is 1.48. The third kappa shape index (κ3) is 3.66. The highest BCUT2D eigenvalue weighted by atomic mass is 79.9. The molecule has 0 bridgehead atoms. The van der Waals surface area contributed by atoms with Gasteiger partial charge in [0, 0.05) is 17.1 Å². The van der Waals surface area contributed by atoms with Crippen LogP contribution in [0.3, 0.4) is 0 Å². The van der Waals surface area contributed by atoms with E-state index in [1.54, 1.807) is 30.1 Å². The molecule has 0 radical (unpaired) electrons. The van der Waals surface area contributed by atoms with E-state index < -0.39 is 10.0 Å². The van der Waals surface area contributed by atoms with Crippen molar-refractivity contribution in [1.29, 1.82) is 0 Å². The summed E-state index contributed by atoms with van der Waals surface area (Å²) in [5.74, 6) is 0.0597. The average molecular weight is 436 g/mol. The molecule has 3 rings (SSSR count). The zero-order chi connectivity index (χ0) is 18.9. The Morgan fingerprint density at radius 3 is 2.58 bits per heavy atom. The number of nitrogens with one attached hydrogen (secondary N) is 1. The van der Waals surface area contributed by atoms with E-state index in [1.807, 2.05) is 31.2 Å². The summed E-state index contributed by atoms with van der Waals surface area (Å²) in [6.45, 7) is 1.89. The Morgan fingerprint density at radius 1 is 1.19 bits per heavy atom. The third-order valence-corrected chi connectivity index (χ3v) is 6.15. The number of fused-ring (bicyclic) bond motifs is 1. The monoisotopic (exact) mass is 435 g/mol. The van der Waals surface area contributed by atoms with Crippen LogP contribution in [0.2, 0.25) is 0 Å². The smallest absolute Gasteiger partial charge is 0.285 e. The van der Waals surface area contributed by atoms with Crippen molar-refractivity contribution in [1.82, 2.24) is 10.2 Å². The van der Waals surface area contributed by atoms with Crippen LogP contribution in [0.1, 0.15) is 24.1 Å². The van der Waals surface area contributed by atoms with Crippen LogP contribution in [0.25, 0.3) is 0 Å². The molecule has 2 aromatic carbocycles. The fraction of sp³-hybridized carbons (Fsp3) is 0.222. The van der Waals surface area contributed by atoms with E-state index in [2.05, 4.69) is 25.6 Å². The first-order valence-electron chi connectivity index (χ1n) is 7.99. The summed E-state index contributed by atoms with van der Waals surface area (Å²) in [6.07, 6.45) is 0. The van der Waals surface area contributed by atoms with Gasteiger partial charge in [0.15, 0.2) is 5.84 Å². The Balaban J connectivity index is 1.72. The number of hydrogen-bond donors (Lipinski definition) is 1. The number of amidine groups is 1. The van der Waals surface area contributed by atoms with E-state index in [0.29, 0.717) is 5.56 Å². The minimum absolute atomic E-state index is 0.00250. The summed E-state index contributed by atoms with van der Waals surface area (Å²) >= 11 is 3.47. The third-order valence-electron chi connectivity index (χ3n) is 4.10. The van der Waals surface area contributed by atoms with E-state index in [9.17, 15) is 13.2 Å². The number of carbonyl (C=O) groups excluding carboxylic acids is 1. The van der Waals surface area contributed by atoms with Crippen molar-refractivity contribution < 1.29 is 13.2 Å². The molecule has 6 nitrogen and oxygen atoms in total. The minimum atomic E-state index is -3.70. The van der Waals surface area contributed by atoms with Crippen molar-refractivity contribution in [3.05, 3.63) is 64.1 Å². The number of amides is 1. The number of halogens is 1. The molecular formula is C18H18BrN3O3S. The maximum Gasteiger partial charge on any atom is 0.285 e. The van der Waals surface area contributed by atoms with E-state index in [4.69, 9.17) is 0 Å². The molecule has 1 heterocycles. The van der Waals surface area contributed by atoms with Crippen molar-refractivity contribution in [2.45, 2.75) is 17.9 Å². The largest absolute Gasteiger partial charge is 0.349 e. The van der Waals surface area contributed by atoms with Crippen LogP contribution >= 0.6 is 15.9 Å². The first-order chi connectivity index (χ1) is 12.3. The van der Waals surface area contributed by atoms with Crippen LogP contribution in [-0.4, -0.2) is 38.7 Å². The van der Waals surface area contributed by atoms with Crippen molar-refractivity contribution in [2.24, 2.45) is 4.40 Å². The molecule has 2 aromatic rings. The van der Waals surface area contributed by atoms with Gasteiger partial charge in [-0.1, -0.05) is 46.3 Å². The molecule has 0 saturated heterocycles. The highest BCUT2D eigenvalue weighted by molar-refractivity contribution is 9.10. The van der Waals surface area contributed by atoms with Crippen molar-refractivity contribution in [3.8, 4) is 0 Å². The number of sulfonamides is 1. The summed E-state index contributed by atoms with van der Waals surface area (Å²) < 4.78 is 29.0. The number of likely N-dealkylation sites (N-methyl/N-ethyl adjacent to an activating group) is 1. The molecule has 0 saturated carbocycles. The molecular weight excluding hydrogens is 418 g/mol. The Labute approximate surface area is 161 Å². The van der Waals surface area contributed by atoms with Gasteiger partial charge in [-0.15, -0.1) is 4.40 Å². The second-order valence-corrected chi connectivity index (χ2v) is 8.48. The molecule has 136 valence electrons. The van der Waals surface area contributed by atoms with Crippen molar-refractivity contribution >= 4 is 37.7 Å². The number of nitrogens with zero attached hydrogens (tertiary/aromatic N) is 2. The summed E-state index contributed by atoms with van der Waals surface area (Å²) in [7, 11) is -2.05. The Morgan fingerprint density at radius 2 is 1.85 bits per heavy atom. The van der Waals surface area contributed by atoms with Crippen molar-refractivity contribution in [2.75, 3.05) is 13.6 Å². The fourth-order valence-corrected chi connectivity index (χ4v) is 4.72. The number of benzene rings is 2. The van der Waals surface area contributed by atoms with Gasteiger partial charge < -0.3 is 10.2 Å². The lowest BCUT2D eigenvalue weighted by Crippen LogP contribution is -2.39. The first-order valence-corrected chi connectivity index (χ1v) is 10.2. The molecule has 8 heteroatoms. The van der Waals surface area contributed by atoms with Crippen LogP contribution in [0.4, 0.5) is 0 Å². The van der Waals surface area contributed by atoms with Gasteiger partial charge in [-0.3, -0.25) is 4.79 Å². The fourth-order valence-electron chi connectivity index (χ4n) is 2.85. The van der Waals surface area contributed by atoms with Crippen molar-refractivity contribution in [3.63, 3.8) is 0 Å². The lowest BCUT2D eigenvalue weighted by atomic mass is 10.1. The molecule has 1 amide bonds. The van der Waals surface area contributed by atoms with Gasteiger partial charge in [0.1, 0.15) is 4.90 Å². The Hall–Kier alpha value is -2.19. The summed E-state index contributed by atoms with van der Waals surface area (Å²) in [5, 5.41) is 2.92. The van der Waals surface area contributed by atoms with Gasteiger partial charge in [-0.05, 0) is 30.7 Å². The van der Waals surface area contributed by atoms with Gasteiger partial charge in [0.2, 0.25) is 5.91 Å². The second-order valence-electron chi connectivity index (χ2n) is 6.05. The Bertz CT molecular complexity index is 989. The standard InChI is InChI=1S/C18H18BrN3O3S/c1-12(13-7-3-5-9-15(13)19)20-17(23)11-22(2)18-14-8-4-6-10-16(14)26(24,25)21-18/h3-10,12H,11H2,1-2H3,(H,20,23). The second kappa shape index (κ2) is 7.20. The lowest BCUT2D eigenvalue weighted by Gasteiger charge is -2.21. The van der Waals surface area contributed by atoms with Crippen LogP contribution in [0, 0.1) is 0 Å². The van der Waals surface area contributed by atoms with Crippen LogP contribution in [-0.2, 0) is 14.8 Å². The minimum Gasteiger partial charge on any atom is -0.349 e. The summed E-state index contributed by atoms with van der Waals surface area (Å²) in [6, 6.07) is 14.1. The molecule has 1 atom stereocenters. The number of carbonyl (C=O) groups is 1. The lowest BCUT2D eigenvalue weighted by molar-refractivity contribution is -0.121. The van der Waals surface area contributed by atoms with Gasteiger partial charge in [0.25, 0.3) is 10.0 Å². The zero-order valence-corrected chi connectivity index (χ0v) is 16.7. The predicted molar refractivity (Wildman–Crippen MR) is 103 cm³/mol. The van der Waals surface area contributed by atoms with Gasteiger partial charge in [-0.25, -0.2) is 0 Å². The summed E-state index contributed by atoms with van der Waals surface area (Å²) in [4.78, 5) is 14.1. The maximum absolute atomic E-state index is 12.4. The van der Waals surface area contributed by atoms with Crippen LogP contribution < -0.4 is 5.32 Å².